The van der Waals surface area contributed by atoms with E-state index in [0.717, 1.165) is 19.3 Å². The molecule has 1 aromatic carbocycles. The second kappa shape index (κ2) is 7.57. The van der Waals surface area contributed by atoms with Crippen LogP contribution < -0.4 is 17.0 Å². The summed E-state index contributed by atoms with van der Waals surface area (Å²) in [4.78, 5) is 41.1. The minimum atomic E-state index is -0.697. The number of nitrogens with zero attached hydrogens (tertiary/aromatic N) is 4. The van der Waals surface area contributed by atoms with Crippen LogP contribution in [0.5, 0.6) is 0 Å². The summed E-state index contributed by atoms with van der Waals surface area (Å²) in [6.07, 6.45) is 3.42. The Morgan fingerprint density at radius 2 is 1.85 bits per heavy atom. The molecule has 10 heteroatoms. The van der Waals surface area contributed by atoms with Crippen molar-refractivity contribution in [1.29, 1.82) is 0 Å². The second-order valence-electron chi connectivity index (χ2n) is 5.73. The fraction of sp³-hybridized carbons (Fsp3) is 0.176. The Hall–Kier alpha value is -2.59. The fourth-order valence-electron chi connectivity index (χ4n) is 2.52. The maximum absolute atomic E-state index is 12.6. The van der Waals surface area contributed by atoms with Gasteiger partial charge in [0.05, 0.1) is 5.75 Å². The number of hydrogen-bond acceptors (Lipinski definition) is 6. The van der Waals surface area contributed by atoms with Crippen molar-refractivity contribution in [2.24, 2.45) is 14.1 Å². The number of anilines is 1. The van der Waals surface area contributed by atoms with E-state index >= 15 is 0 Å². The summed E-state index contributed by atoms with van der Waals surface area (Å²) in [5, 5.41) is 0.603. The van der Waals surface area contributed by atoms with E-state index in [4.69, 9.17) is 5.73 Å². The minimum Gasteiger partial charge on any atom is -0.384 e. The van der Waals surface area contributed by atoms with Gasteiger partial charge in [-0.25, -0.2) is 9.78 Å². The Kier molecular flexibility index (Phi) is 5.38. The topological polar surface area (TPSA) is 105 Å². The highest BCUT2D eigenvalue weighted by molar-refractivity contribution is 9.10. The summed E-state index contributed by atoms with van der Waals surface area (Å²) in [6.45, 7) is 0. The molecule has 2 aromatic heterocycles. The molecule has 0 spiro atoms. The van der Waals surface area contributed by atoms with Gasteiger partial charge in [-0.05, 0) is 24.3 Å². The molecule has 140 valence electrons. The van der Waals surface area contributed by atoms with E-state index in [-0.39, 0.29) is 17.1 Å². The molecule has 0 saturated carbocycles. The van der Waals surface area contributed by atoms with Gasteiger partial charge in [-0.3, -0.25) is 23.3 Å². The van der Waals surface area contributed by atoms with Crippen molar-refractivity contribution in [1.82, 2.24) is 18.7 Å². The number of halogens is 1. The van der Waals surface area contributed by atoms with E-state index in [1.807, 2.05) is 28.8 Å². The van der Waals surface area contributed by atoms with Crippen molar-refractivity contribution in [2.75, 3.05) is 11.5 Å². The Labute approximate surface area is 166 Å². The highest BCUT2D eigenvalue weighted by Gasteiger charge is 2.21. The summed E-state index contributed by atoms with van der Waals surface area (Å²) < 4.78 is 4.75. The van der Waals surface area contributed by atoms with Crippen molar-refractivity contribution >= 4 is 39.3 Å². The van der Waals surface area contributed by atoms with Crippen LogP contribution in [0, 0.1) is 0 Å². The number of nitrogens with two attached hydrogens (primary N) is 1. The van der Waals surface area contributed by atoms with Crippen LogP contribution in [0.4, 0.5) is 5.82 Å². The molecule has 0 aliphatic rings. The van der Waals surface area contributed by atoms with Crippen LogP contribution in [0.1, 0.15) is 10.4 Å². The van der Waals surface area contributed by atoms with Gasteiger partial charge >= 0.3 is 5.69 Å². The number of aromatic nitrogens is 4. The molecule has 2 heterocycles. The van der Waals surface area contributed by atoms with Crippen molar-refractivity contribution in [3.63, 3.8) is 0 Å². The van der Waals surface area contributed by atoms with Crippen LogP contribution >= 0.6 is 27.7 Å². The number of carbonyl (C=O) groups excluding carboxylic acids is 1. The van der Waals surface area contributed by atoms with Gasteiger partial charge in [0.15, 0.2) is 10.9 Å². The summed E-state index contributed by atoms with van der Waals surface area (Å²) in [5.74, 6) is -0.630. The van der Waals surface area contributed by atoms with Crippen LogP contribution in [0.15, 0.2) is 55.9 Å². The predicted octanol–water partition coefficient (Wildman–Crippen LogP) is 1.59. The number of hydrogen-bond donors (Lipinski definition) is 1. The maximum Gasteiger partial charge on any atom is 0.332 e. The van der Waals surface area contributed by atoms with Crippen LogP contribution in [0.3, 0.4) is 0 Å². The number of Topliss-reactive ketones (excluding diaryl/α,β-unsaturated/α-hetero) is 1. The zero-order chi connectivity index (χ0) is 19.7. The van der Waals surface area contributed by atoms with Gasteiger partial charge in [0.1, 0.15) is 11.4 Å². The molecule has 0 unspecified atom stereocenters. The first-order valence-electron chi connectivity index (χ1n) is 7.82. The highest BCUT2D eigenvalue weighted by Crippen LogP contribution is 2.22. The molecule has 0 bridgehead atoms. The van der Waals surface area contributed by atoms with Crippen molar-refractivity contribution < 1.29 is 4.79 Å². The first-order valence-corrected chi connectivity index (χ1v) is 9.60. The summed E-state index contributed by atoms with van der Waals surface area (Å²) in [5.41, 5.74) is 5.26. The third-order valence-corrected chi connectivity index (χ3v) is 5.53. The first kappa shape index (κ1) is 19.2. The number of rotatable bonds is 5. The smallest absolute Gasteiger partial charge is 0.332 e. The van der Waals surface area contributed by atoms with E-state index in [2.05, 4.69) is 20.9 Å². The minimum absolute atomic E-state index is 0.0365. The number of benzene rings is 1. The average Bonchev–Trinajstić information content (AvgIpc) is 3.12. The molecule has 0 aliphatic heterocycles. The van der Waals surface area contributed by atoms with Gasteiger partial charge in [-0.15, -0.1) is 0 Å². The summed E-state index contributed by atoms with van der Waals surface area (Å²) in [6, 6.07) is 7.64. The molecule has 0 aliphatic carbocycles. The van der Waals surface area contributed by atoms with Gasteiger partial charge in [0.25, 0.3) is 5.56 Å². The van der Waals surface area contributed by atoms with Crippen LogP contribution in [0.2, 0.25) is 0 Å². The van der Waals surface area contributed by atoms with E-state index in [1.165, 1.54) is 25.9 Å². The van der Waals surface area contributed by atoms with Gasteiger partial charge in [0, 0.05) is 36.6 Å². The van der Waals surface area contributed by atoms with Crippen molar-refractivity contribution in [3.05, 3.63) is 67.5 Å². The van der Waals surface area contributed by atoms with Crippen LogP contribution in [-0.2, 0) is 14.1 Å². The van der Waals surface area contributed by atoms with Gasteiger partial charge in [-0.1, -0.05) is 27.7 Å². The molecule has 2 N–H and O–H groups in total. The summed E-state index contributed by atoms with van der Waals surface area (Å²) in [7, 11) is 2.73. The van der Waals surface area contributed by atoms with Crippen molar-refractivity contribution in [2.45, 2.75) is 5.16 Å². The van der Waals surface area contributed by atoms with Crippen molar-refractivity contribution in [3.8, 4) is 5.69 Å². The maximum atomic E-state index is 12.6. The summed E-state index contributed by atoms with van der Waals surface area (Å²) >= 11 is 4.58. The lowest BCUT2D eigenvalue weighted by Crippen LogP contribution is -2.41. The largest absolute Gasteiger partial charge is 0.384 e. The SMILES string of the molecule is Cn1c(N)c(C(=O)CSc2nccn2-c2ccc(Br)cc2)c(=O)n(C)c1=O. The number of ketones is 1. The Bertz CT molecular complexity index is 1130. The standard InChI is InChI=1S/C17H16BrN5O3S/c1-21-14(19)13(15(25)22(2)17(21)26)12(24)9-27-16-20-7-8-23(16)11-5-3-10(18)4-6-11/h3-8H,9,19H2,1-2H3. The van der Waals surface area contributed by atoms with Crippen LogP contribution in [0.25, 0.3) is 5.69 Å². The van der Waals surface area contributed by atoms with E-state index in [1.54, 1.807) is 12.4 Å². The number of thioether (sulfide) groups is 1. The van der Waals surface area contributed by atoms with Gasteiger partial charge < -0.3 is 5.73 Å². The lowest BCUT2D eigenvalue weighted by atomic mass is 10.2. The molecule has 0 amide bonds. The van der Waals surface area contributed by atoms with E-state index < -0.39 is 17.0 Å². The average molecular weight is 450 g/mol. The Morgan fingerprint density at radius 1 is 1.19 bits per heavy atom. The lowest BCUT2D eigenvalue weighted by Gasteiger charge is -2.11. The third-order valence-electron chi connectivity index (χ3n) is 4.03. The lowest BCUT2D eigenvalue weighted by molar-refractivity contribution is 0.102. The normalized spacial score (nSPS) is 10.9. The van der Waals surface area contributed by atoms with E-state index in [0.29, 0.717) is 5.16 Å². The second-order valence-corrected chi connectivity index (χ2v) is 7.59. The van der Waals surface area contributed by atoms with Gasteiger partial charge in [-0.2, -0.15) is 0 Å². The Morgan fingerprint density at radius 3 is 2.52 bits per heavy atom. The molecule has 0 radical (unpaired) electrons. The molecule has 0 fully saturated rings. The quantitative estimate of drug-likeness (QED) is 0.468. The van der Waals surface area contributed by atoms with Gasteiger partial charge in [0.2, 0.25) is 0 Å². The monoisotopic (exact) mass is 449 g/mol. The fourth-order valence-corrected chi connectivity index (χ4v) is 3.63. The number of carbonyl (C=O) groups is 1. The molecule has 8 nitrogen and oxygen atoms in total. The Balaban J connectivity index is 1.87. The number of imidazole rings is 1. The first-order chi connectivity index (χ1) is 12.8. The molecule has 3 rings (SSSR count). The number of nitrogen functional groups attached to an aromatic ring is 1. The highest BCUT2D eigenvalue weighted by atomic mass is 79.9. The molecule has 27 heavy (non-hydrogen) atoms. The molecule has 0 saturated heterocycles. The predicted molar refractivity (Wildman–Crippen MR) is 108 cm³/mol. The molecule has 3 aromatic rings. The zero-order valence-corrected chi connectivity index (χ0v) is 17.0. The third kappa shape index (κ3) is 3.62. The molecular formula is C17H16BrN5O3S. The van der Waals surface area contributed by atoms with E-state index in [9.17, 15) is 14.4 Å². The zero-order valence-electron chi connectivity index (χ0n) is 14.5. The van der Waals surface area contributed by atoms with Crippen LogP contribution in [-0.4, -0.2) is 30.2 Å². The molecular weight excluding hydrogens is 434 g/mol. The molecule has 0 atom stereocenters.